The molecular weight excluding hydrogens is 352 g/mol. The fraction of sp³-hybridized carbons (Fsp3) is 0.391. The Morgan fingerprint density at radius 3 is 2.32 bits per heavy atom. The minimum Gasteiger partial charge on any atom is -0.491 e. The highest BCUT2D eigenvalue weighted by Crippen LogP contribution is 2.21. The Hall–Kier alpha value is -3.00. The van der Waals surface area contributed by atoms with Gasteiger partial charge in [0.25, 0.3) is 5.91 Å². The summed E-state index contributed by atoms with van der Waals surface area (Å²) >= 11 is 0. The Kier molecular flexibility index (Phi) is 7.88. The molecule has 0 aromatic heterocycles. The van der Waals surface area contributed by atoms with Gasteiger partial charge in [-0.15, -0.1) is 0 Å². The molecular formula is C23H28N2O3. The molecule has 1 unspecified atom stereocenters. The van der Waals surface area contributed by atoms with Gasteiger partial charge in [0.05, 0.1) is 11.7 Å². The lowest BCUT2D eigenvalue weighted by Crippen LogP contribution is -2.42. The fourth-order valence-electron chi connectivity index (χ4n) is 2.73. The zero-order valence-electron chi connectivity index (χ0n) is 16.9. The smallest absolute Gasteiger partial charge is 0.261 e. The first-order valence-corrected chi connectivity index (χ1v) is 9.59. The van der Waals surface area contributed by atoms with E-state index in [2.05, 4.69) is 11.4 Å². The molecule has 0 aliphatic carbocycles. The summed E-state index contributed by atoms with van der Waals surface area (Å²) in [7, 11) is 0. The number of benzene rings is 2. The molecule has 1 amide bonds. The van der Waals surface area contributed by atoms with E-state index in [4.69, 9.17) is 9.47 Å². The van der Waals surface area contributed by atoms with E-state index in [0.717, 1.165) is 11.3 Å². The third kappa shape index (κ3) is 6.31. The first-order valence-electron chi connectivity index (χ1n) is 9.59. The molecule has 0 bridgehead atoms. The van der Waals surface area contributed by atoms with Crippen molar-refractivity contribution in [2.75, 3.05) is 6.54 Å². The lowest BCUT2D eigenvalue weighted by Gasteiger charge is -2.22. The Balaban J connectivity index is 1.91. The van der Waals surface area contributed by atoms with Crippen molar-refractivity contribution in [1.82, 2.24) is 5.32 Å². The number of hydrogen-bond acceptors (Lipinski definition) is 4. The molecule has 0 heterocycles. The van der Waals surface area contributed by atoms with Gasteiger partial charge in [-0.3, -0.25) is 4.79 Å². The van der Waals surface area contributed by atoms with Gasteiger partial charge in [-0.2, -0.15) is 5.26 Å². The van der Waals surface area contributed by atoms with Crippen molar-refractivity contribution >= 4 is 5.91 Å². The molecule has 0 fully saturated rings. The first-order chi connectivity index (χ1) is 13.4. The standard InChI is InChI=1S/C23H28N2O3/c1-16(2)22(28-21-8-6-5-7-19(21)15-24)23(26)25-14-13-18-9-11-20(12-10-18)27-17(3)4/h5-12,16-17,22H,13-14H2,1-4H3,(H,25,26). The van der Waals surface area contributed by atoms with E-state index in [9.17, 15) is 10.1 Å². The van der Waals surface area contributed by atoms with Gasteiger partial charge in [-0.05, 0) is 56.0 Å². The topological polar surface area (TPSA) is 71.3 Å². The quantitative estimate of drug-likeness (QED) is 0.711. The van der Waals surface area contributed by atoms with Crippen LogP contribution in [-0.4, -0.2) is 24.7 Å². The number of carbonyl (C=O) groups excluding carboxylic acids is 1. The summed E-state index contributed by atoms with van der Waals surface area (Å²) in [6.07, 6.45) is 0.202. The number of para-hydroxylation sites is 1. The molecule has 2 aromatic rings. The molecule has 5 heteroatoms. The van der Waals surface area contributed by atoms with Crippen LogP contribution in [0.25, 0.3) is 0 Å². The van der Waals surface area contributed by atoms with Gasteiger partial charge in [0.2, 0.25) is 0 Å². The average molecular weight is 380 g/mol. The Bertz CT molecular complexity index is 807. The summed E-state index contributed by atoms with van der Waals surface area (Å²) < 4.78 is 11.5. The first kappa shape index (κ1) is 21.3. The van der Waals surface area contributed by atoms with Crippen LogP contribution in [0.4, 0.5) is 0 Å². The lowest BCUT2D eigenvalue weighted by atomic mass is 10.1. The van der Waals surface area contributed by atoms with Crippen LogP contribution in [-0.2, 0) is 11.2 Å². The van der Waals surface area contributed by atoms with E-state index in [0.29, 0.717) is 24.3 Å². The second-order valence-electron chi connectivity index (χ2n) is 7.24. The fourth-order valence-corrected chi connectivity index (χ4v) is 2.73. The maximum atomic E-state index is 12.6. The van der Waals surface area contributed by atoms with E-state index in [1.54, 1.807) is 24.3 Å². The highest BCUT2D eigenvalue weighted by molar-refractivity contribution is 5.81. The summed E-state index contributed by atoms with van der Waals surface area (Å²) in [6.45, 7) is 8.34. The zero-order chi connectivity index (χ0) is 20.5. The molecule has 1 atom stereocenters. The molecule has 28 heavy (non-hydrogen) atoms. The van der Waals surface area contributed by atoms with E-state index in [-0.39, 0.29) is 17.9 Å². The number of rotatable bonds is 9. The molecule has 0 radical (unpaired) electrons. The van der Waals surface area contributed by atoms with Crippen LogP contribution in [0.1, 0.15) is 38.8 Å². The van der Waals surface area contributed by atoms with E-state index >= 15 is 0 Å². The van der Waals surface area contributed by atoms with Crippen molar-refractivity contribution in [1.29, 1.82) is 5.26 Å². The highest BCUT2D eigenvalue weighted by Gasteiger charge is 2.24. The Morgan fingerprint density at radius 1 is 1.04 bits per heavy atom. The van der Waals surface area contributed by atoms with E-state index < -0.39 is 6.10 Å². The monoisotopic (exact) mass is 380 g/mol. The number of nitriles is 1. The van der Waals surface area contributed by atoms with Crippen molar-refractivity contribution in [3.05, 3.63) is 59.7 Å². The number of carbonyl (C=O) groups is 1. The van der Waals surface area contributed by atoms with Gasteiger partial charge < -0.3 is 14.8 Å². The predicted molar refractivity (Wildman–Crippen MR) is 109 cm³/mol. The maximum Gasteiger partial charge on any atom is 0.261 e. The molecule has 2 aromatic carbocycles. The Labute approximate surface area is 167 Å². The average Bonchev–Trinajstić information content (AvgIpc) is 2.67. The van der Waals surface area contributed by atoms with Gasteiger partial charge in [-0.1, -0.05) is 38.1 Å². The summed E-state index contributed by atoms with van der Waals surface area (Å²) in [5, 5.41) is 12.1. The molecule has 0 saturated heterocycles. The zero-order valence-corrected chi connectivity index (χ0v) is 16.9. The van der Waals surface area contributed by atoms with Crippen LogP contribution < -0.4 is 14.8 Å². The van der Waals surface area contributed by atoms with Crippen molar-refractivity contribution in [2.24, 2.45) is 5.92 Å². The van der Waals surface area contributed by atoms with Gasteiger partial charge in [0.15, 0.2) is 6.10 Å². The normalized spacial score (nSPS) is 11.8. The van der Waals surface area contributed by atoms with Gasteiger partial charge >= 0.3 is 0 Å². The van der Waals surface area contributed by atoms with Crippen LogP contribution in [0, 0.1) is 17.2 Å². The molecule has 1 N–H and O–H groups in total. The maximum absolute atomic E-state index is 12.6. The summed E-state index contributed by atoms with van der Waals surface area (Å²) in [6, 6.07) is 16.9. The van der Waals surface area contributed by atoms with Crippen molar-refractivity contribution in [3.8, 4) is 17.6 Å². The molecule has 0 spiro atoms. The largest absolute Gasteiger partial charge is 0.491 e. The molecule has 2 rings (SSSR count). The van der Waals surface area contributed by atoms with Gasteiger partial charge in [0.1, 0.15) is 17.6 Å². The molecule has 0 aliphatic rings. The minimum absolute atomic E-state index is 0.0285. The molecule has 0 aliphatic heterocycles. The van der Waals surface area contributed by atoms with Gasteiger partial charge in [0, 0.05) is 6.54 Å². The number of hydrogen-bond donors (Lipinski definition) is 1. The third-order valence-electron chi connectivity index (χ3n) is 4.13. The van der Waals surface area contributed by atoms with Crippen molar-refractivity contribution in [2.45, 2.75) is 46.3 Å². The lowest BCUT2D eigenvalue weighted by molar-refractivity contribution is -0.129. The molecule has 5 nitrogen and oxygen atoms in total. The van der Waals surface area contributed by atoms with Crippen LogP contribution in [0.15, 0.2) is 48.5 Å². The van der Waals surface area contributed by atoms with Crippen LogP contribution in [0.2, 0.25) is 0 Å². The second kappa shape index (κ2) is 10.4. The number of nitrogens with zero attached hydrogens (tertiary/aromatic N) is 1. The Morgan fingerprint density at radius 2 is 1.71 bits per heavy atom. The SMILES string of the molecule is CC(C)Oc1ccc(CCNC(=O)C(Oc2ccccc2C#N)C(C)C)cc1. The van der Waals surface area contributed by atoms with E-state index in [1.807, 2.05) is 52.0 Å². The molecule has 148 valence electrons. The summed E-state index contributed by atoms with van der Waals surface area (Å²) in [5.74, 6) is 1.06. The third-order valence-corrected chi connectivity index (χ3v) is 4.13. The molecule has 0 saturated carbocycles. The predicted octanol–water partition coefficient (Wildman–Crippen LogP) is 4.11. The number of nitrogens with one attached hydrogen (secondary N) is 1. The van der Waals surface area contributed by atoms with Gasteiger partial charge in [-0.25, -0.2) is 0 Å². The number of ether oxygens (including phenoxy) is 2. The van der Waals surface area contributed by atoms with E-state index in [1.165, 1.54) is 0 Å². The summed E-state index contributed by atoms with van der Waals surface area (Å²) in [5.41, 5.74) is 1.54. The van der Waals surface area contributed by atoms with Crippen molar-refractivity contribution in [3.63, 3.8) is 0 Å². The second-order valence-corrected chi connectivity index (χ2v) is 7.24. The van der Waals surface area contributed by atoms with Crippen LogP contribution >= 0.6 is 0 Å². The number of amides is 1. The highest BCUT2D eigenvalue weighted by atomic mass is 16.5. The van der Waals surface area contributed by atoms with Crippen molar-refractivity contribution < 1.29 is 14.3 Å². The van der Waals surface area contributed by atoms with Crippen LogP contribution in [0.3, 0.4) is 0 Å². The summed E-state index contributed by atoms with van der Waals surface area (Å²) in [4.78, 5) is 12.6. The van der Waals surface area contributed by atoms with Crippen LogP contribution in [0.5, 0.6) is 11.5 Å². The minimum atomic E-state index is -0.656.